The van der Waals surface area contributed by atoms with Gasteiger partial charge in [0.15, 0.2) is 0 Å². The number of nitrogens with zero attached hydrogens (tertiary/aromatic N) is 4. The number of likely N-dealkylation sites (N-methyl/N-ethyl adjacent to an activating group) is 1. The molecule has 1 aromatic rings. The molecule has 2 aliphatic carbocycles. The number of aromatic nitrogens is 2. The van der Waals surface area contributed by atoms with E-state index in [4.69, 9.17) is 0 Å². The van der Waals surface area contributed by atoms with E-state index in [1.807, 2.05) is 0 Å². The fourth-order valence-electron chi connectivity index (χ4n) is 4.69. The number of anilines is 1. The molecular weight excluding hydrogens is 366 g/mol. The minimum atomic E-state index is -0.0342. The molecular formula is C22H35N5O2. The molecule has 1 amide bonds. The van der Waals surface area contributed by atoms with Gasteiger partial charge in [0, 0.05) is 44.8 Å². The SMILES string of the molecule is CN(CCNC(=O)C1CCN(c2cnn(CC3CC3)c(=O)c2)C1)C1CCCCC1. The quantitative estimate of drug-likeness (QED) is 0.720. The average molecular weight is 402 g/mol. The summed E-state index contributed by atoms with van der Waals surface area (Å²) in [5.74, 6) is 0.756. The van der Waals surface area contributed by atoms with Gasteiger partial charge in [-0.15, -0.1) is 0 Å². The highest BCUT2D eigenvalue weighted by Gasteiger charge is 2.29. The smallest absolute Gasteiger partial charge is 0.268 e. The van der Waals surface area contributed by atoms with Gasteiger partial charge in [-0.2, -0.15) is 5.10 Å². The van der Waals surface area contributed by atoms with Crippen molar-refractivity contribution in [3.05, 3.63) is 22.6 Å². The summed E-state index contributed by atoms with van der Waals surface area (Å²) in [6, 6.07) is 2.35. The first-order valence-electron chi connectivity index (χ1n) is 11.4. The van der Waals surface area contributed by atoms with Crippen LogP contribution in [0.2, 0.25) is 0 Å². The maximum atomic E-state index is 12.6. The molecule has 7 nitrogen and oxygen atoms in total. The third-order valence-electron chi connectivity index (χ3n) is 6.87. The zero-order valence-electron chi connectivity index (χ0n) is 17.7. The lowest BCUT2D eigenvalue weighted by atomic mass is 9.94. The first-order valence-corrected chi connectivity index (χ1v) is 11.4. The van der Waals surface area contributed by atoms with Gasteiger partial charge in [-0.25, -0.2) is 4.68 Å². The molecule has 4 rings (SSSR count). The van der Waals surface area contributed by atoms with E-state index in [-0.39, 0.29) is 17.4 Å². The predicted molar refractivity (Wildman–Crippen MR) is 114 cm³/mol. The van der Waals surface area contributed by atoms with E-state index in [1.165, 1.54) is 44.9 Å². The molecule has 0 radical (unpaired) electrons. The lowest BCUT2D eigenvalue weighted by Gasteiger charge is -2.31. The molecule has 1 N–H and O–H groups in total. The number of hydrogen-bond acceptors (Lipinski definition) is 5. The molecule has 1 aromatic heterocycles. The van der Waals surface area contributed by atoms with Gasteiger partial charge in [-0.3, -0.25) is 9.59 Å². The first-order chi connectivity index (χ1) is 14.1. The Bertz CT molecular complexity index is 754. The summed E-state index contributed by atoms with van der Waals surface area (Å²) < 4.78 is 1.57. The van der Waals surface area contributed by atoms with E-state index >= 15 is 0 Å². The van der Waals surface area contributed by atoms with Crippen molar-refractivity contribution in [2.45, 2.75) is 64.0 Å². The van der Waals surface area contributed by atoms with Gasteiger partial charge in [0.05, 0.1) is 17.8 Å². The third kappa shape index (κ3) is 5.38. The molecule has 1 atom stereocenters. The molecule has 1 aliphatic heterocycles. The lowest BCUT2D eigenvalue weighted by Crippen LogP contribution is -2.41. The number of rotatable bonds is 8. The van der Waals surface area contributed by atoms with Crippen LogP contribution in [0.1, 0.15) is 51.4 Å². The molecule has 0 bridgehead atoms. The molecule has 1 unspecified atom stereocenters. The van der Waals surface area contributed by atoms with Crippen molar-refractivity contribution in [3.63, 3.8) is 0 Å². The molecule has 29 heavy (non-hydrogen) atoms. The number of amides is 1. The van der Waals surface area contributed by atoms with Crippen molar-refractivity contribution in [1.29, 1.82) is 0 Å². The molecule has 7 heteroatoms. The Morgan fingerprint density at radius 1 is 1.21 bits per heavy atom. The summed E-state index contributed by atoms with van der Waals surface area (Å²) in [6.45, 7) is 3.82. The lowest BCUT2D eigenvalue weighted by molar-refractivity contribution is -0.124. The van der Waals surface area contributed by atoms with Gasteiger partial charge >= 0.3 is 0 Å². The van der Waals surface area contributed by atoms with Gasteiger partial charge in [-0.1, -0.05) is 19.3 Å². The maximum absolute atomic E-state index is 12.6. The minimum absolute atomic E-state index is 0.0103. The summed E-state index contributed by atoms with van der Waals surface area (Å²) in [5.41, 5.74) is 0.808. The zero-order valence-corrected chi connectivity index (χ0v) is 17.7. The molecule has 1 saturated heterocycles. The standard InChI is InChI=1S/C22H35N5O2/c1-25(19-5-3-2-4-6-19)12-10-23-22(29)18-9-11-26(16-18)20-13-21(28)27(24-14-20)15-17-7-8-17/h13-14,17-19H,2-12,15-16H2,1H3,(H,23,29). The van der Waals surface area contributed by atoms with E-state index < -0.39 is 0 Å². The second kappa shape index (κ2) is 9.28. The fourth-order valence-corrected chi connectivity index (χ4v) is 4.69. The van der Waals surface area contributed by atoms with Crippen LogP contribution in [-0.2, 0) is 11.3 Å². The monoisotopic (exact) mass is 401 g/mol. The molecule has 2 saturated carbocycles. The van der Waals surface area contributed by atoms with Crippen LogP contribution in [0.15, 0.2) is 17.1 Å². The molecule has 3 fully saturated rings. The van der Waals surface area contributed by atoms with Gasteiger partial charge in [0.25, 0.3) is 5.56 Å². The van der Waals surface area contributed by atoms with Crippen LogP contribution in [0.3, 0.4) is 0 Å². The minimum Gasteiger partial charge on any atom is -0.369 e. The predicted octanol–water partition coefficient (Wildman–Crippen LogP) is 1.86. The topological polar surface area (TPSA) is 70.5 Å². The van der Waals surface area contributed by atoms with Crippen molar-refractivity contribution in [3.8, 4) is 0 Å². The van der Waals surface area contributed by atoms with Gasteiger partial charge < -0.3 is 15.1 Å². The second-order valence-corrected chi connectivity index (χ2v) is 9.17. The van der Waals surface area contributed by atoms with E-state index in [2.05, 4.69) is 27.3 Å². The van der Waals surface area contributed by atoms with Gasteiger partial charge in [0.2, 0.25) is 5.91 Å². The number of nitrogens with one attached hydrogen (secondary N) is 1. The summed E-state index contributed by atoms with van der Waals surface area (Å²) in [4.78, 5) is 29.4. The highest BCUT2D eigenvalue weighted by Crippen LogP contribution is 2.30. The molecule has 2 heterocycles. The zero-order chi connectivity index (χ0) is 20.2. The van der Waals surface area contributed by atoms with Crippen LogP contribution in [0.25, 0.3) is 0 Å². The summed E-state index contributed by atoms with van der Waals surface area (Å²) in [7, 11) is 2.18. The Labute approximate surface area is 173 Å². The van der Waals surface area contributed by atoms with Crippen LogP contribution in [0, 0.1) is 11.8 Å². The summed E-state index contributed by atoms with van der Waals surface area (Å²) >= 11 is 0. The first kappa shape index (κ1) is 20.4. The van der Waals surface area contributed by atoms with Crippen LogP contribution in [0.5, 0.6) is 0 Å². The molecule has 0 aromatic carbocycles. The van der Waals surface area contributed by atoms with Crippen LogP contribution >= 0.6 is 0 Å². The van der Waals surface area contributed by atoms with Crippen LogP contribution < -0.4 is 15.8 Å². The fraction of sp³-hybridized carbons (Fsp3) is 0.773. The summed E-state index contributed by atoms with van der Waals surface area (Å²) in [6.07, 6.45) is 11.6. The summed E-state index contributed by atoms with van der Waals surface area (Å²) in [5, 5.41) is 7.47. The molecule has 3 aliphatic rings. The molecule has 160 valence electrons. The largest absolute Gasteiger partial charge is 0.369 e. The van der Waals surface area contributed by atoms with E-state index in [1.54, 1.807) is 16.9 Å². The Morgan fingerprint density at radius 3 is 2.72 bits per heavy atom. The Kier molecular flexibility index (Phi) is 6.53. The highest BCUT2D eigenvalue weighted by atomic mass is 16.2. The average Bonchev–Trinajstić information content (AvgIpc) is 3.41. The third-order valence-corrected chi connectivity index (χ3v) is 6.87. The van der Waals surface area contributed by atoms with Crippen molar-refractivity contribution < 1.29 is 4.79 Å². The molecule has 0 spiro atoms. The second-order valence-electron chi connectivity index (χ2n) is 9.17. The van der Waals surface area contributed by atoms with Crippen LogP contribution in [0.4, 0.5) is 5.69 Å². The van der Waals surface area contributed by atoms with E-state index in [0.717, 1.165) is 31.7 Å². The number of hydrogen-bond donors (Lipinski definition) is 1. The normalized spacial score (nSPS) is 23.0. The van der Waals surface area contributed by atoms with E-state index in [0.29, 0.717) is 25.0 Å². The highest BCUT2D eigenvalue weighted by molar-refractivity contribution is 5.80. The van der Waals surface area contributed by atoms with Crippen molar-refractivity contribution in [2.75, 3.05) is 38.1 Å². The van der Waals surface area contributed by atoms with Crippen molar-refractivity contribution >= 4 is 11.6 Å². The Balaban J connectivity index is 1.22. The number of carbonyl (C=O) groups is 1. The van der Waals surface area contributed by atoms with Gasteiger partial charge in [0.1, 0.15) is 0 Å². The maximum Gasteiger partial charge on any atom is 0.268 e. The Hall–Kier alpha value is -1.89. The van der Waals surface area contributed by atoms with Crippen molar-refractivity contribution in [2.24, 2.45) is 11.8 Å². The van der Waals surface area contributed by atoms with Crippen LogP contribution in [-0.4, -0.2) is 59.9 Å². The number of carbonyl (C=O) groups excluding carboxylic acids is 1. The Morgan fingerprint density at radius 2 is 2.00 bits per heavy atom. The van der Waals surface area contributed by atoms with Crippen molar-refractivity contribution in [1.82, 2.24) is 20.0 Å². The van der Waals surface area contributed by atoms with E-state index in [9.17, 15) is 9.59 Å². The van der Waals surface area contributed by atoms with Gasteiger partial charge in [-0.05, 0) is 45.1 Å².